The number of aryl methyl sites for hydroxylation is 1. The number of rotatable bonds is 17. The van der Waals surface area contributed by atoms with Crippen LogP contribution < -0.4 is 27.4 Å². The number of anilines is 2. The molecule has 0 unspecified atom stereocenters. The van der Waals surface area contributed by atoms with E-state index in [1.54, 1.807) is 19.3 Å². The average molecular weight is 482 g/mol. The quantitative estimate of drug-likeness (QED) is 0.103. The van der Waals surface area contributed by atoms with E-state index in [1.807, 2.05) is 0 Å². The summed E-state index contributed by atoms with van der Waals surface area (Å²) in [5, 5.41) is 21.8. The van der Waals surface area contributed by atoms with Crippen molar-refractivity contribution in [1.82, 2.24) is 20.4 Å². The molecule has 16 nitrogen and oxygen atoms in total. The summed E-state index contributed by atoms with van der Waals surface area (Å²) in [5.74, 6) is 0.419. The van der Waals surface area contributed by atoms with Crippen LogP contribution in [0.25, 0.3) is 0 Å². The maximum absolute atomic E-state index is 11.4. The highest BCUT2D eigenvalue weighted by Crippen LogP contribution is 2.28. The Labute approximate surface area is 193 Å². The van der Waals surface area contributed by atoms with E-state index in [2.05, 4.69) is 26.7 Å². The zero-order chi connectivity index (χ0) is 24.8. The van der Waals surface area contributed by atoms with Crippen molar-refractivity contribution in [2.75, 3.05) is 57.2 Å². The number of nitro benzene ring substituents is 2. The molecular formula is C18H26N8O8. The number of ether oxygens (including phenoxy) is 3. The molecule has 1 aromatic carbocycles. The number of nitrogens with one attached hydrogen (secondary N) is 4. The Balaban J connectivity index is 1.44. The van der Waals surface area contributed by atoms with E-state index in [0.29, 0.717) is 38.8 Å². The van der Waals surface area contributed by atoms with Gasteiger partial charge in [0.15, 0.2) is 0 Å². The van der Waals surface area contributed by atoms with Crippen molar-refractivity contribution in [3.8, 4) is 0 Å². The smallest absolute Gasteiger partial charge is 0.349 e. The lowest BCUT2D eigenvalue weighted by molar-refractivity contribution is -0.393. The normalized spacial score (nSPS) is 10.7. The molecule has 1 heterocycles. The Morgan fingerprint density at radius 1 is 0.941 bits per heavy atom. The highest BCUT2D eigenvalue weighted by molar-refractivity contribution is 5.64. The van der Waals surface area contributed by atoms with Crippen LogP contribution in [0.15, 0.2) is 35.3 Å². The summed E-state index contributed by atoms with van der Waals surface area (Å²) in [6.45, 7) is 2.27. The topological polar surface area (TPSA) is 197 Å². The van der Waals surface area contributed by atoms with Gasteiger partial charge in [-0.05, 0) is 12.1 Å². The molecule has 0 bridgehead atoms. The second-order valence-electron chi connectivity index (χ2n) is 6.55. The van der Waals surface area contributed by atoms with Crippen LogP contribution in [0.2, 0.25) is 0 Å². The summed E-state index contributed by atoms with van der Waals surface area (Å²) in [4.78, 5) is 35.5. The minimum absolute atomic E-state index is 0.0229. The van der Waals surface area contributed by atoms with Gasteiger partial charge in [-0.1, -0.05) is 0 Å². The van der Waals surface area contributed by atoms with Crippen LogP contribution in [-0.4, -0.2) is 65.7 Å². The lowest BCUT2D eigenvalue weighted by Crippen LogP contribution is -2.29. The Morgan fingerprint density at radius 2 is 1.65 bits per heavy atom. The van der Waals surface area contributed by atoms with Gasteiger partial charge in [-0.15, -0.1) is 0 Å². The molecule has 0 saturated carbocycles. The van der Waals surface area contributed by atoms with Crippen molar-refractivity contribution >= 4 is 22.9 Å². The first-order valence-electron chi connectivity index (χ1n) is 10.1. The van der Waals surface area contributed by atoms with Crippen LogP contribution in [0.4, 0.5) is 22.9 Å². The van der Waals surface area contributed by atoms with E-state index >= 15 is 0 Å². The molecule has 0 aliphatic carbocycles. The molecule has 0 aliphatic heterocycles. The largest absolute Gasteiger partial charge is 0.378 e. The van der Waals surface area contributed by atoms with Gasteiger partial charge in [-0.2, -0.15) is 4.98 Å². The fourth-order valence-corrected chi connectivity index (χ4v) is 2.40. The highest BCUT2D eigenvalue weighted by atomic mass is 16.6. The van der Waals surface area contributed by atoms with E-state index in [4.69, 9.17) is 14.2 Å². The zero-order valence-corrected chi connectivity index (χ0v) is 18.4. The standard InChI is InChI=1S/C18H26N8O8/c1-24-6-4-17(21-18(24)27)23-19-5-7-32-8-9-33-10-11-34-13-20-22-15-3-2-14(25(28)29)12-16(15)26(30)31/h2-4,6,12,19-20,22H,5,7-11,13H2,1H3,(H,21,23,27). The van der Waals surface area contributed by atoms with Crippen molar-refractivity contribution in [3.05, 3.63) is 61.2 Å². The summed E-state index contributed by atoms with van der Waals surface area (Å²) < 4.78 is 17.4. The van der Waals surface area contributed by atoms with Gasteiger partial charge >= 0.3 is 11.4 Å². The first-order valence-corrected chi connectivity index (χ1v) is 10.1. The number of non-ortho nitro benzene ring substituents is 1. The summed E-state index contributed by atoms with van der Waals surface area (Å²) in [7, 11) is 1.61. The first-order chi connectivity index (χ1) is 16.4. The molecule has 16 heteroatoms. The van der Waals surface area contributed by atoms with Gasteiger partial charge in [0.05, 0.1) is 48.9 Å². The van der Waals surface area contributed by atoms with Crippen LogP contribution in [0.3, 0.4) is 0 Å². The van der Waals surface area contributed by atoms with Crippen LogP contribution in [0, 0.1) is 20.2 Å². The fourth-order valence-electron chi connectivity index (χ4n) is 2.40. The monoisotopic (exact) mass is 482 g/mol. The molecule has 0 fully saturated rings. The summed E-state index contributed by atoms with van der Waals surface area (Å²) >= 11 is 0. The molecule has 0 spiro atoms. The Morgan fingerprint density at radius 3 is 2.32 bits per heavy atom. The maximum atomic E-state index is 11.4. The number of benzene rings is 1. The molecule has 0 radical (unpaired) electrons. The molecule has 4 N–H and O–H groups in total. The van der Waals surface area contributed by atoms with E-state index in [-0.39, 0.29) is 30.4 Å². The predicted octanol–water partition coefficient (Wildman–Crippen LogP) is 0.137. The summed E-state index contributed by atoms with van der Waals surface area (Å²) in [6.07, 6.45) is 1.61. The summed E-state index contributed by atoms with van der Waals surface area (Å²) in [5.41, 5.74) is 9.80. The number of hydrogen-bond donors (Lipinski definition) is 4. The Hall–Kier alpha value is -3.70. The first kappa shape index (κ1) is 26.6. The van der Waals surface area contributed by atoms with Gasteiger partial charge in [0.25, 0.3) is 5.69 Å². The third-order valence-electron chi connectivity index (χ3n) is 4.09. The van der Waals surface area contributed by atoms with Crippen LogP contribution in [0.1, 0.15) is 0 Å². The zero-order valence-electron chi connectivity index (χ0n) is 18.4. The van der Waals surface area contributed by atoms with Gasteiger partial charge in [-0.3, -0.25) is 20.2 Å². The molecular weight excluding hydrogens is 456 g/mol. The van der Waals surface area contributed by atoms with Crippen molar-refractivity contribution in [1.29, 1.82) is 0 Å². The Kier molecular flexibility index (Phi) is 11.3. The van der Waals surface area contributed by atoms with Crippen molar-refractivity contribution in [3.63, 3.8) is 0 Å². The van der Waals surface area contributed by atoms with E-state index in [1.165, 1.54) is 10.6 Å². The number of hydrogen-bond acceptors (Lipinski definition) is 13. The van der Waals surface area contributed by atoms with Gasteiger partial charge in [0.1, 0.15) is 18.2 Å². The second kappa shape index (κ2) is 14.4. The van der Waals surface area contributed by atoms with Gasteiger partial charge in [0, 0.05) is 25.9 Å². The van der Waals surface area contributed by atoms with Crippen LogP contribution >= 0.6 is 0 Å². The van der Waals surface area contributed by atoms with Crippen LogP contribution in [-0.2, 0) is 21.3 Å². The van der Waals surface area contributed by atoms with E-state index < -0.39 is 15.5 Å². The third-order valence-corrected chi connectivity index (χ3v) is 4.09. The predicted molar refractivity (Wildman–Crippen MR) is 120 cm³/mol. The molecule has 0 aliphatic rings. The minimum Gasteiger partial charge on any atom is -0.378 e. The number of nitrogens with zero attached hydrogens (tertiary/aromatic N) is 4. The van der Waals surface area contributed by atoms with Gasteiger partial charge in [0.2, 0.25) is 0 Å². The molecule has 0 atom stereocenters. The molecule has 2 aromatic rings. The third kappa shape index (κ3) is 9.43. The van der Waals surface area contributed by atoms with Crippen molar-refractivity contribution in [2.24, 2.45) is 7.05 Å². The molecule has 0 saturated heterocycles. The maximum Gasteiger partial charge on any atom is 0.349 e. The summed E-state index contributed by atoms with van der Waals surface area (Å²) in [6, 6.07) is 4.93. The van der Waals surface area contributed by atoms with Gasteiger partial charge in [-0.25, -0.2) is 15.6 Å². The van der Waals surface area contributed by atoms with Crippen LogP contribution in [0.5, 0.6) is 0 Å². The highest BCUT2D eigenvalue weighted by Gasteiger charge is 2.19. The Bertz CT molecular complexity index is 1000. The molecule has 1 aromatic heterocycles. The molecule has 34 heavy (non-hydrogen) atoms. The molecule has 0 amide bonds. The number of nitro groups is 2. The SMILES string of the molecule is Cn1ccc(NNCCOCCOCCOCNNc2ccc([N+](=O)[O-])cc2[N+](=O)[O-])nc1=O. The molecule has 2 rings (SSSR count). The lowest BCUT2D eigenvalue weighted by Gasteiger charge is -2.10. The number of hydrazine groups is 2. The number of aromatic nitrogens is 2. The lowest BCUT2D eigenvalue weighted by atomic mass is 10.2. The minimum atomic E-state index is -0.718. The average Bonchev–Trinajstić information content (AvgIpc) is 2.81. The fraction of sp³-hybridized carbons (Fsp3) is 0.444. The molecule has 186 valence electrons. The van der Waals surface area contributed by atoms with Gasteiger partial charge < -0.3 is 29.6 Å². The van der Waals surface area contributed by atoms with E-state index in [9.17, 15) is 25.0 Å². The van der Waals surface area contributed by atoms with Crippen molar-refractivity contribution < 1.29 is 24.1 Å². The van der Waals surface area contributed by atoms with E-state index in [0.717, 1.165) is 12.1 Å². The van der Waals surface area contributed by atoms with Crippen molar-refractivity contribution in [2.45, 2.75) is 0 Å². The second-order valence-corrected chi connectivity index (χ2v) is 6.55.